The summed E-state index contributed by atoms with van der Waals surface area (Å²) in [7, 11) is 0. The standard InChI is InChI=1S/C18H21N3/c1-15-14-19-18(20-17-10-6-3-7-11-17)21(15)13-12-16-8-4-2-5-9-16/h2-11,15H,12-14H2,1H3,(H,19,20)/t15-/m0/s1. The van der Waals surface area contributed by atoms with Crippen molar-refractivity contribution in [2.45, 2.75) is 19.4 Å². The minimum Gasteiger partial charge on any atom is -0.338 e. The number of guanidine groups is 1. The first-order chi connectivity index (χ1) is 10.3. The highest BCUT2D eigenvalue weighted by Crippen LogP contribution is 2.15. The van der Waals surface area contributed by atoms with E-state index in [9.17, 15) is 0 Å². The molecule has 0 unspecified atom stereocenters. The fraction of sp³-hybridized carbons (Fsp3) is 0.278. The average molecular weight is 279 g/mol. The van der Waals surface area contributed by atoms with Gasteiger partial charge in [-0.05, 0) is 31.0 Å². The van der Waals surface area contributed by atoms with E-state index in [1.54, 1.807) is 0 Å². The maximum atomic E-state index is 4.64. The molecule has 0 radical (unpaired) electrons. The Kier molecular flexibility index (Phi) is 4.20. The summed E-state index contributed by atoms with van der Waals surface area (Å²) in [5.74, 6) is 0.990. The van der Waals surface area contributed by atoms with Crippen LogP contribution in [-0.2, 0) is 6.42 Å². The molecule has 0 aromatic heterocycles. The van der Waals surface area contributed by atoms with Crippen LogP contribution in [0.2, 0.25) is 0 Å². The van der Waals surface area contributed by atoms with Crippen molar-refractivity contribution in [1.29, 1.82) is 0 Å². The van der Waals surface area contributed by atoms with Gasteiger partial charge in [0.1, 0.15) is 0 Å². The van der Waals surface area contributed by atoms with Crippen LogP contribution in [0.15, 0.2) is 65.7 Å². The molecular formula is C18H21N3. The van der Waals surface area contributed by atoms with E-state index in [1.165, 1.54) is 5.56 Å². The molecule has 0 amide bonds. The lowest BCUT2D eigenvalue weighted by molar-refractivity contribution is 0.366. The Morgan fingerprint density at radius 3 is 2.43 bits per heavy atom. The number of benzene rings is 2. The number of nitrogens with one attached hydrogen (secondary N) is 1. The predicted octanol–water partition coefficient (Wildman–Crippen LogP) is 3.40. The van der Waals surface area contributed by atoms with Gasteiger partial charge >= 0.3 is 0 Å². The maximum Gasteiger partial charge on any atom is 0.198 e. The average Bonchev–Trinajstić information content (AvgIpc) is 2.87. The van der Waals surface area contributed by atoms with Crippen LogP contribution in [0.4, 0.5) is 5.69 Å². The smallest absolute Gasteiger partial charge is 0.198 e. The molecule has 2 aromatic rings. The third kappa shape index (κ3) is 3.43. The zero-order chi connectivity index (χ0) is 14.5. The van der Waals surface area contributed by atoms with Crippen molar-refractivity contribution in [2.24, 2.45) is 4.99 Å². The summed E-state index contributed by atoms with van der Waals surface area (Å²) in [5, 5.41) is 3.43. The molecule has 3 nitrogen and oxygen atoms in total. The number of hydrogen-bond acceptors (Lipinski definition) is 3. The summed E-state index contributed by atoms with van der Waals surface area (Å²) in [6, 6.07) is 21.3. The molecule has 21 heavy (non-hydrogen) atoms. The molecule has 1 heterocycles. The Balaban J connectivity index is 1.64. The van der Waals surface area contributed by atoms with Gasteiger partial charge in [-0.25, -0.2) is 0 Å². The largest absolute Gasteiger partial charge is 0.338 e. The number of anilines is 1. The van der Waals surface area contributed by atoms with E-state index in [0.29, 0.717) is 6.04 Å². The zero-order valence-electron chi connectivity index (χ0n) is 12.4. The molecule has 1 atom stereocenters. The van der Waals surface area contributed by atoms with Gasteiger partial charge in [0.15, 0.2) is 5.96 Å². The molecule has 3 rings (SSSR count). The van der Waals surface area contributed by atoms with Crippen LogP contribution in [0.5, 0.6) is 0 Å². The fourth-order valence-electron chi connectivity index (χ4n) is 2.60. The second-order valence-electron chi connectivity index (χ2n) is 5.43. The van der Waals surface area contributed by atoms with Crippen molar-refractivity contribution in [3.8, 4) is 0 Å². The van der Waals surface area contributed by atoms with Crippen molar-refractivity contribution in [1.82, 2.24) is 4.90 Å². The molecule has 1 N–H and O–H groups in total. The Morgan fingerprint density at radius 1 is 1.05 bits per heavy atom. The molecule has 0 bridgehead atoms. The van der Waals surface area contributed by atoms with Crippen LogP contribution < -0.4 is 5.32 Å². The Labute approximate surface area is 126 Å². The Bertz CT molecular complexity index is 592. The summed E-state index contributed by atoms with van der Waals surface area (Å²) in [6.45, 7) is 4.09. The van der Waals surface area contributed by atoms with Gasteiger partial charge in [0.25, 0.3) is 0 Å². The van der Waals surface area contributed by atoms with Crippen molar-refractivity contribution in [3.63, 3.8) is 0 Å². The second-order valence-corrected chi connectivity index (χ2v) is 5.43. The second kappa shape index (κ2) is 6.44. The minimum absolute atomic E-state index is 0.458. The third-order valence-corrected chi connectivity index (χ3v) is 3.82. The zero-order valence-corrected chi connectivity index (χ0v) is 12.4. The molecule has 0 aliphatic carbocycles. The van der Waals surface area contributed by atoms with E-state index >= 15 is 0 Å². The molecule has 2 aromatic carbocycles. The van der Waals surface area contributed by atoms with Gasteiger partial charge < -0.3 is 10.2 Å². The molecule has 108 valence electrons. The van der Waals surface area contributed by atoms with Gasteiger partial charge in [0.2, 0.25) is 0 Å². The van der Waals surface area contributed by atoms with Gasteiger partial charge in [0.05, 0.1) is 6.54 Å². The van der Waals surface area contributed by atoms with Crippen molar-refractivity contribution >= 4 is 11.6 Å². The summed E-state index contributed by atoms with van der Waals surface area (Å²) in [4.78, 5) is 7.00. The van der Waals surface area contributed by atoms with Gasteiger partial charge in [-0.15, -0.1) is 0 Å². The normalized spacial score (nSPS) is 17.7. The minimum atomic E-state index is 0.458. The summed E-state index contributed by atoms with van der Waals surface area (Å²) in [6.07, 6.45) is 1.04. The first-order valence-corrected chi connectivity index (χ1v) is 7.50. The lowest BCUT2D eigenvalue weighted by Crippen LogP contribution is -2.39. The SMILES string of the molecule is C[C@H]1CN=C(Nc2ccccc2)N1CCc1ccccc1. The summed E-state index contributed by atoms with van der Waals surface area (Å²) < 4.78 is 0. The van der Waals surface area contributed by atoms with Crippen molar-refractivity contribution < 1.29 is 0 Å². The van der Waals surface area contributed by atoms with Gasteiger partial charge in [-0.3, -0.25) is 4.99 Å². The van der Waals surface area contributed by atoms with E-state index in [4.69, 9.17) is 0 Å². The molecule has 0 fully saturated rings. The topological polar surface area (TPSA) is 27.6 Å². The van der Waals surface area contributed by atoms with Crippen LogP contribution in [0.25, 0.3) is 0 Å². The van der Waals surface area contributed by atoms with Gasteiger partial charge in [-0.2, -0.15) is 0 Å². The fourth-order valence-corrected chi connectivity index (χ4v) is 2.60. The molecule has 3 heteroatoms. The summed E-state index contributed by atoms with van der Waals surface area (Å²) >= 11 is 0. The predicted molar refractivity (Wildman–Crippen MR) is 88.7 cm³/mol. The van der Waals surface area contributed by atoms with E-state index in [-0.39, 0.29) is 0 Å². The highest BCUT2D eigenvalue weighted by atomic mass is 15.4. The van der Waals surface area contributed by atoms with E-state index in [2.05, 4.69) is 64.6 Å². The highest BCUT2D eigenvalue weighted by molar-refractivity contribution is 5.94. The lowest BCUT2D eigenvalue weighted by atomic mass is 10.1. The first kappa shape index (κ1) is 13.7. The van der Waals surface area contributed by atoms with Crippen molar-refractivity contribution in [3.05, 3.63) is 66.2 Å². The number of hydrogen-bond donors (Lipinski definition) is 1. The lowest BCUT2D eigenvalue weighted by Gasteiger charge is -2.26. The summed E-state index contributed by atoms with van der Waals surface area (Å²) in [5.41, 5.74) is 2.46. The highest BCUT2D eigenvalue weighted by Gasteiger charge is 2.23. The number of para-hydroxylation sites is 1. The van der Waals surface area contributed by atoms with E-state index in [1.807, 2.05) is 18.2 Å². The monoisotopic (exact) mass is 279 g/mol. The molecule has 0 saturated heterocycles. The number of rotatable bonds is 4. The molecular weight excluding hydrogens is 258 g/mol. The van der Waals surface area contributed by atoms with E-state index in [0.717, 1.165) is 31.2 Å². The quantitative estimate of drug-likeness (QED) is 0.929. The van der Waals surface area contributed by atoms with Crippen LogP contribution in [0.3, 0.4) is 0 Å². The van der Waals surface area contributed by atoms with Crippen LogP contribution in [0.1, 0.15) is 12.5 Å². The molecule has 1 aliphatic heterocycles. The third-order valence-electron chi connectivity index (χ3n) is 3.82. The van der Waals surface area contributed by atoms with Gasteiger partial charge in [0, 0.05) is 18.3 Å². The Hall–Kier alpha value is -2.29. The number of aliphatic imine (C=N–C) groups is 1. The van der Waals surface area contributed by atoms with Crippen LogP contribution in [-0.4, -0.2) is 30.0 Å². The van der Waals surface area contributed by atoms with Gasteiger partial charge in [-0.1, -0.05) is 48.5 Å². The van der Waals surface area contributed by atoms with Crippen molar-refractivity contribution in [2.75, 3.05) is 18.4 Å². The first-order valence-electron chi connectivity index (χ1n) is 7.50. The Morgan fingerprint density at radius 2 is 1.71 bits per heavy atom. The molecule has 0 saturated carbocycles. The van der Waals surface area contributed by atoms with E-state index < -0.39 is 0 Å². The van der Waals surface area contributed by atoms with Crippen LogP contribution in [0, 0.1) is 0 Å². The molecule has 0 spiro atoms. The van der Waals surface area contributed by atoms with Crippen LogP contribution >= 0.6 is 0 Å². The number of nitrogens with zero attached hydrogens (tertiary/aromatic N) is 2. The molecule has 1 aliphatic rings. The maximum absolute atomic E-state index is 4.64.